The zero-order chi connectivity index (χ0) is 11.4. The number of halogens is 1. The molecular formula is C10H8ClNO3. The standard InChI is InChI=1S/C10H8ClNO3/c1-3-6(2)15-9-7(10(13)14)4-5-8(11)12-9/h1,4-6H,2H3,(H,13,14). The van der Waals surface area contributed by atoms with Gasteiger partial charge in [-0.15, -0.1) is 6.42 Å². The van der Waals surface area contributed by atoms with Gasteiger partial charge in [-0.05, 0) is 19.1 Å². The summed E-state index contributed by atoms with van der Waals surface area (Å²) in [5, 5.41) is 8.98. The topological polar surface area (TPSA) is 59.4 Å². The van der Waals surface area contributed by atoms with Crippen molar-refractivity contribution in [3.63, 3.8) is 0 Å². The minimum absolute atomic E-state index is 0.0681. The van der Waals surface area contributed by atoms with E-state index in [2.05, 4.69) is 10.9 Å². The van der Waals surface area contributed by atoms with Gasteiger partial charge < -0.3 is 9.84 Å². The highest BCUT2D eigenvalue weighted by Gasteiger charge is 2.14. The number of hydrogen-bond acceptors (Lipinski definition) is 3. The molecule has 0 fully saturated rings. The number of carbonyl (C=O) groups is 1. The van der Waals surface area contributed by atoms with E-state index in [1.807, 2.05) is 0 Å². The van der Waals surface area contributed by atoms with E-state index in [-0.39, 0.29) is 16.6 Å². The van der Waals surface area contributed by atoms with E-state index in [1.54, 1.807) is 6.92 Å². The molecule has 0 saturated carbocycles. The van der Waals surface area contributed by atoms with Gasteiger partial charge in [-0.25, -0.2) is 9.78 Å². The molecule has 0 spiro atoms. The largest absolute Gasteiger partial charge is 0.477 e. The lowest BCUT2D eigenvalue weighted by Crippen LogP contribution is -2.13. The summed E-state index contributed by atoms with van der Waals surface area (Å²) in [6.45, 7) is 1.61. The predicted octanol–water partition coefficient (Wildman–Crippen LogP) is 1.83. The van der Waals surface area contributed by atoms with Crippen LogP contribution in [0.4, 0.5) is 0 Å². The summed E-state index contributed by atoms with van der Waals surface area (Å²) in [5.41, 5.74) is -0.0681. The number of carboxylic acids is 1. The van der Waals surface area contributed by atoms with Gasteiger partial charge in [0.25, 0.3) is 0 Å². The van der Waals surface area contributed by atoms with Crippen LogP contribution in [0.2, 0.25) is 5.15 Å². The molecule has 78 valence electrons. The Labute approximate surface area is 91.8 Å². The van der Waals surface area contributed by atoms with E-state index >= 15 is 0 Å². The quantitative estimate of drug-likeness (QED) is 0.630. The van der Waals surface area contributed by atoms with Crippen LogP contribution < -0.4 is 4.74 Å². The summed E-state index contributed by atoms with van der Waals surface area (Å²) in [7, 11) is 0. The van der Waals surface area contributed by atoms with Crippen molar-refractivity contribution in [2.45, 2.75) is 13.0 Å². The van der Waals surface area contributed by atoms with Gasteiger partial charge in [0, 0.05) is 0 Å². The second kappa shape index (κ2) is 4.67. The molecule has 4 nitrogen and oxygen atoms in total. The second-order valence-electron chi connectivity index (χ2n) is 2.72. The van der Waals surface area contributed by atoms with Crippen LogP contribution in [0.25, 0.3) is 0 Å². The van der Waals surface area contributed by atoms with E-state index in [0.717, 1.165) is 0 Å². The number of pyridine rings is 1. The molecule has 15 heavy (non-hydrogen) atoms. The molecular weight excluding hydrogens is 218 g/mol. The molecule has 0 bridgehead atoms. The average molecular weight is 226 g/mol. The Hall–Kier alpha value is -1.73. The highest BCUT2D eigenvalue weighted by atomic mass is 35.5. The minimum Gasteiger partial charge on any atom is -0.477 e. The number of carboxylic acid groups (broad SMARTS) is 1. The van der Waals surface area contributed by atoms with Crippen LogP contribution in [-0.2, 0) is 0 Å². The van der Waals surface area contributed by atoms with Crippen molar-refractivity contribution in [2.75, 3.05) is 0 Å². The molecule has 0 aliphatic rings. The SMILES string of the molecule is C#CC(C)Oc1nc(Cl)ccc1C(=O)O. The molecule has 0 saturated heterocycles. The van der Waals surface area contributed by atoms with Crippen LogP contribution in [-0.4, -0.2) is 22.2 Å². The van der Waals surface area contributed by atoms with Crippen molar-refractivity contribution in [1.29, 1.82) is 0 Å². The second-order valence-corrected chi connectivity index (χ2v) is 3.11. The van der Waals surface area contributed by atoms with Gasteiger partial charge in [-0.1, -0.05) is 17.5 Å². The van der Waals surface area contributed by atoms with E-state index in [1.165, 1.54) is 12.1 Å². The van der Waals surface area contributed by atoms with Crippen molar-refractivity contribution in [2.24, 2.45) is 0 Å². The Morgan fingerprint density at radius 3 is 2.93 bits per heavy atom. The lowest BCUT2D eigenvalue weighted by atomic mass is 10.3. The van der Waals surface area contributed by atoms with Crippen molar-refractivity contribution >= 4 is 17.6 Å². The monoisotopic (exact) mass is 225 g/mol. The highest BCUT2D eigenvalue weighted by Crippen LogP contribution is 2.19. The molecule has 1 heterocycles. The van der Waals surface area contributed by atoms with Crippen LogP contribution in [0.1, 0.15) is 17.3 Å². The number of aromatic carboxylic acids is 1. The molecule has 1 rings (SSSR count). The first-order valence-corrected chi connectivity index (χ1v) is 4.45. The number of nitrogens with zero attached hydrogens (tertiary/aromatic N) is 1. The third-order valence-corrected chi connectivity index (χ3v) is 1.79. The third-order valence-electron chi connectivity index (χ3n) is 1.58. The van der Waals surface area contributed by atoms with Crippen molar-refractivity contribution in [3.05, 3.63) is 22.8 Å². The fraction of sp³-hybridized carbons (Fsp3) is 0.200. The Morgan fingerprint density at radius 2 is 2.40 bits per heavy atom. The van der Waals surface area contributed by atoms with E-state index in [9.17, 15) is 4.79 Å². The van der Waals surface area contributed by atoms with Crippen LogP contribution >= 0.6 is 11.6 Å². The van der Waals surface area contributed by atoms with E-state index < -0.39 is 12.1 Å². The third kappa shape index (κ3) is 2.86. The van der Waals surface area contributed by atoms with Gasteiger partial charge in [0.2, 0.25) is 5.88 Å². The summed E-state index contributed by atoms with van der Waals surface area (Å²) < 4.78 is 5.12. The molecule has 1 aromatic rings. The van der Waals surface area contributed by atoms with Crippen LogP contribution in [0.15, 0.2) is 12.1 Å². The van der Waals surface area contributed by atoms with E-state index in [0.29, 0.717) is 0 Å². The highest BCUT2D eigenvalue weighted by molar-refractivity contribution is 6.29. The summed E-state index contributed by atoms with van der Waals surface area (Å²) in [6, 6.07) is 2.69. The number of rotatable bonds is 3. The van der Waals surface area contributed by atoms with Gasteiger partial charge in [0.15, 0.2) is 6.10 Å². The molecule has 1 atom stereocenters. The van der Waals surface area contributed by atoms with Crippen molar-refractivity contribution in [3.8, 4) is 18.2 Å². The molecule has 0 amide bonds. The molecule has 1 aromatic heterocycles. The summed E-state index contributed by atoms with van der Waals surface area (Å²) in [5.74, 6) is 1.09. The maximum atomic E-state index is 10.8. The normalized spacial score (nSPS) is 11.5. The van der Waals surface area contributed by atoms with Crippen molar-refractivity contribution < 1.29 is 14.6 Å². The molecule has 0 aliphatic carbocycles. The summed E-state index contributed by atoms with van der Waals surface area (Å²) in [6.07, 6.45) is 4.54. The fourth-order valence-corrected chi connectivity index (χ4v) is 1.01. The minimum atomic E-state index is -1.14. The fourth-order valence-electron chi connectivity index (χ4n) is 0.872. The molecule has 0 aliphatic heterocycles. The lowest BCUT2D eigenvalue weighted by Gasteiger charge is -2.10. The van der Waals surface area contributed by atoms with Crippen LogP contribution in [0, 0.1) is 12.3 Å². The molecule has 0 aromatic carbocycles. The van der Waals surface area contributed by atoms with E-state index in [4.69, 9.17) is 27.9 Å². The maximum absolute atomic E-state index is 10.8. The summed E-state index contributed by atoms with van der Waals surface area (Å²) in [4.78, 5) is 14.5. The first-order valence-electron chi connectivity index (χ1n) is 4.07. The van der Waals surface area contributed by atoms with Crippen molar-refractivity contribution in [1.82, 2.24) is 4.98 Å². The average Bonchev–Trinajstić information content (AvgIpc) is 2.17. The van der Waals surface area contributed by atoms with Crippen LogP contribution in [0.3, 0.4) is 0 Å². The zero-order valence-corrected chi connectivity index (χ0v) is 8.65. The first-order chi connectivity index (χ1) is 7.04. The Bertz CT molecular complexity index is 425. The zero-order valence-electron chi connectivity index (χ0n) is 7.90. The van der Waals surface area contributed by atoms with Gasteiger partial charge in [0.1, 0.15) is 10.7 Å². The Kier molecular flexibility index (Phi) is 3.53. The number of ether oxygens (including phenoxy) is 1. The first kappa shape index (κ1) is 11.3. The van der Waals surface area contributed by atoms with Gasteiger partial charge >= 0.3 is 5.97 Å². The predicted molar refractivity (Wildman–Crippen MR) is 55.1 cm³/mol. The van der Waals surface area contributed by atoms with Gasteiger partial charge in [0.05, 0.1) is 0 Å². The number of hydrogen-bond donors (Lipinski definition) is 1. The molecule has 1 N–H and O–H groups in total. The van der Waals surface area contributed by atoms with Gasteiger partial charge in [-0.2, -0.15) is 0 Å². The van der Waals surface area contributed by atoms with Gasteiger partial charge in [-0.3, -0.25) is 0 Å². The summed E-state index contributed by atoms with van der Waals surface area (Å²) >= 11 is 5.61. The Balaban J connectivity index is 3.08. The smallest absolute Gasteiger partial charge is 0.341 e. The Morgan fingerprint density at radius 1 is 1.73 bits per heavy atom. The maximum Gasteiger partial charge on any atom is 0.341 e. The molecule has 1 unspecified atom stereocenters. The number of terminal acetylenes is 1. The lowest BCUT2D eigenvalue weighted by molar-refractivity contribution is 0.0690. The molecule has 5 heteroatoms. The number of aromatic nitrogens is 1. The molecule has 0 radical (unpaired) electrons. The van der Waals surface area contributed by atoms with Crippen LogP contribution in [0.5, 0.6) is 5.88 Å².